The Morgan fingerprint density at radius 3 is 2.57 bits per heavy atom. The van der Waals surface area contributed by atoms with E-state index in [1.54, 1.807) is 48.7 Å². The standard InChI is InChI=1S/C17H11N3O2.CH4/c18-10-11-3-6-13(7-4-11)20-17(22)14-8-5-12-2-1-9-19-15(12)16(14)21;/h1-9,21H,(H,20,22);1H4. The number of aromatic hydroxyl groups is 1. The van der Waals surface area contributed by atoms with Gasteiger partial charge in [-0.3, -0.25) is 9.78 Å². The molecule has 0 aliphatic heterocycles. The molecule has 0 saturated heterocycles. The third-order valence-corrected chi connectivity index (χ3v) is 3.26. The molecular weight excluding hydrogens is 290 g/mol. The lowest BCUT2D eigenvalue weighted by Crippen LogP contribution is -2.12. The molecule has 3 aromatic rings. The molecule has 3 rings (SSSR count). The van der Waals surface area contributed by atoms with Crippen molar-refractivity contribution >= 4 is 22.5 Å². The predicted octanol–water partition coefficient (Wildman–Crippen LogP) is 3.70. The molecule has 0 fully saturated rings. The molecule has 0 spiro atoms. The van der Waals surface area contributed by atoms with Crippen LogP contribution in [0.1, 0.15) is 23.3 Å². The highest BCUT2D eigenvalue weighted by molar-refractivity contribution is 6.09. The Bertz CT molecular complexity index is 896. The van der Waals surface area contributed by atoms with Crippen molar-refractivity contribution in [2.75, 3.05) is 5.32 Å². The summed E-state index contributed by atoms with van der Waals surface area (Å²) in [5.41, 5.74) is 1.59. The first kappa shape index (κ1) is 16.0. The highest BCUT2D eigenvalue weighted by Gasteiger charge is 2.14. The second-order valence-corrected chi connectivity index (χ2v) is 4.68. The fraction of sp³-hybridized carbons (Fsp3) is 0.0556. The Labute approximate surface area is 133 Å². The highest BCUT2D eigenvalue weighted by Crippen LogP contribution is 2.27. The number of aromatic nitrogens is 1. The largest absolute Gasteiger partial charge is 0.505 e. The fourth-order valence-electron chi connectivity index (χ4n) is 2.14. The molecule has 1 heterocycles. The van der Waals surface area contributed by atoms with Gasteiger partial charge in [0.25, 0.3) is 5.91 Å². The number of amides is 1. The third-order valence-electron chi connectivity index (χ3n) is 3.26. The predicted molar refractivity (Wildman–Crippen MR) is 89.2 cm³/mol. The van der Waals surface area contributed by atoms with E-state index in [1.165, 1.54) is 0 Å². The number of pyridine rings is 1. The first-order valence-electron chi connectivity index (χ1n) is 6.57. The fourth-order valence-corrected chi connectivity index (χ4v) is 2.14. The first-order valence-corrected chi connectivity index (χ1v) is 6.57. The van der Waals surface area contributed by atoms with Crippen molar-refractivity contribution in [3.05, 3.63) is 65.9 Å². The highest BCUT2D eigenvalue weighted by atomic mass is 16.3. The number of phenols is 1. The molecule has 0 unspecified atom stereocenters. The van der Waals surface area contributed by atoms with Crippen LogP contribution in [0.25, 0.3) is 10.9 Å². The number of hydrogen-bond donors (Lipinski definition) is 2. The molecular formula is C18H15N3O2. The maximum atomic E-state index is 12.3. The summed E-state index contributed by atoms with van der Waals surface area (Å²) in [6.45, 7) is 0. The minimum absolute atomic E-state index is 0. The van der Waals surface area contributed by atoms with E-state index < -0.39 is 5.91 Å². The van der Waals surface area contributed by atoms with Gasteiger partial charge in [0.15, 0.2) is 5.75 Å². The Morgan fingerprint density at radius 2 is 1.87 bits per heavy atom. The number of hydrogen-bond acceptors (Lipinski definition) is 4. The average Bonchev–Trinajstić information content (AvgIpc) is 2.56. The molecule has 0 aliphatic rings. The van der Waals surface area contributed by atoms with Crippen LogP contribution >= 0.6 is 0 Å². The quantitative estimate of drug-likeness (QED) is 0.756. The summed E-state index contributed by atoms with van der Waals surface area (Å²) in [4.78, 5) is 16.4. The van der Waals surface area contributed by atoms with E-state index in [2.05, 4.69) is 10.3 Å². The summed E-state index contributed by atoms with van der Waals surface area (Å²) in [5.74, 6) is -0.584. The summed E-state index contributed by atoms with van der Waals surface area (Å²) in [6, 6.07) is 15.3. The number of rotatable bonds is 2. The molecule has 1 aromatic heterocycles. The van der Waals surface area contributed by atoms with E-state index in [-0.39, 0.29) is 18.7 Å². The zero-order valence-corrected chi connectivity index (χ0v) is 11.4. The zero-order chi connectivity index (χ0) is 15.5. The number of anilines is 1. The Morgan fingerprint density at radius 1 is 1.13 bits per heavy atom. The first-order chi connectivity index (χ1) is 10.7. The van der Waals surface area contributed by atoms with E-state index in [1.807, 2.05) is 12.1 Å². The zero-order valence-electron chi connectivity index (χ0n) is 11.4. The lowest BCUT2D eigenvalue weighted by Gasteiger charge is -2.08. The lowest BCUT2D eigenvalue weighted by molar-refractivity contribution is 0.102. The number of benzene rings is 2. The Balaban J connectivity index is 0.00000192. The van der Waals surface area contributed by atoms with Crippen LogP contribution < -0.4 is 5.32 Å². The number of carbonyl (C=O) groups excluding carboxylic acids is 1. The van der Waals surface area contributed by atoms with Gasteiger partial charge < -0.3 is 10.4 Å². The molecule has 23 heavy (non-hydrogen) atoms. The van der Waals surface area contributed by atoms with Crippen molar-refractivity contribution in [1.82, 2.24) is 4.98 Å². The molecule has 1 amide bonds. The number of carbonyl (C=O) groups is 1. The molecule has 0 atom stereocenters. The molecule has 5 nitrogen and oxygen atoms in total. The lowest BCUT2D eigenvalue weighted by atomic mass is 10.1. The van der Waals surface area contributed by atoms with Crippen LogP contribution in [0.2, 0.25) is 0 Å². The Kier molecular flexibility index (Phi) is 4.58. The average molecular weight is 305 g/mol. The number of fused-ring (bicyclic) bond motifs is 1. The van der Waals surface area contributed by atoms with Crippen molar-refractivity contribution in [2.45, 2.75) is 7.43 Å². The van der Waals surface area contributed by atoms with Crippen LogP contribution in [-0.2, 0) is 0 Å². The van der Waals surface area contributed by atoms with Crippen molar-refractivity contribution in [2.24, 2.45) is 0 Å². The molecule has 5 heteroatoms. The van der Waals surface area contributed by atoms with Crippen LogP contribution in [0.5, 0.6) is 5.75 Å². The van der Waals surface area contributed by atoms with Gasteiger partial charge in [0, 0.05) is 17.3 Å². The van der Waals surface area contributed by atoms with E-state index in [4.69, 9.17) is 5.26 Å². The molecule has 0 radical (unpaired) electrons. The van der Waals surface area contributed by atoms with E-state index in [0.29, 0.717) is 16.8 Å². The summed E-state index contributed by atoms with van der Waals surface area (Å²) in [7, 11) is 0. The minimum atomic E-state index is -0.435. The van der Waals surface area contributed by atoms with Gasteiger partial charge >= 0.3 is 0 Å². The van der Waals surface area contributed by atoms with Gasteiger partial charge in [0.1, 0.15) is 5.52 Å². The Hall–Kier alpha value is -3.39. The SMILES string of the molecule is C.N#Cc1ccc(NC(=O)c2ccc3cccnc3c2O)cc1. The smallest absolute Gasteiger partial charge is 0.259 e. The van der Waals surface area contributed by atoms with E-state index in [9.17, 15) is 9.90 Å². The monoisotopic (exact) mass is 305 g/mol. The van der Waals surface area contributed by atoms with Gasteiger partial charge in [-0.1, -0.05) is 19.6 Å². The number of nitrogens with zero attached hydrogens (tertiary/aromatic N) is 2. The van der Waals surface area contributed by atoms with Gasteiger partial charge in [-0.25, -0.2) is 0 Å². The van der Waals surface area contributed by atoms with Crippen molar-refractivity contribution in [1.29, 1.82) is 5.26 Å². The van der Waals surface area contributed by atoms with Gasteiger partial charge in [0.05, 0.1) is 17.2 Å². The molecule has 0 bridgehead atoms. The van der Waals surface area contributed by atoms with Crippen LogP contribution in [0.15, 0.2) is 54.7 Å². The topological polar surface area (TPSA) is 86.0 Å². The van der Waals surface area contributed by atoms with Crippen molar-refractivity contribution in [3.63, 3.8) is 0 Å². The maximum Gasteiger partial charge on any atom is 0.259 e. The summed E-state index contributed by atoms with van der Waals surface area (Å²) < 4.78 is 0. The summed E-state index contributed by atoms with van der Waals surface area (Å²) in [6.07, 6.45) is 1.56. The van der Waals surface area contributed by atoms with E-state index >= 15 is 0 Å². The second-order valence-electron chi connectivity index (χ2n) is 4.68. The molecule has 2 aromatic carbocycles. The van der Waals surface area contributed by atoms with Gasteiger partial charge in [-0.15, -0.1) is 0 Å². The van der Waals surface area contributed by atoms with Crippen LogP contribution in [0, 0.1) is 11.3 Å². The van der Waals surface area contributed by atoms with Crippen LogP contribution in [0.4, 0.5) is 5.69 Å². The minimum Gasteiger partial charge on any atom is -0.505 e. The van der Waals surface area contributed by atoms with Gasteiger partial charge in [0.2, 0.25) is 0 Å². The molecule has 0 saturated carbocycles. The maximum absolute atomic E-state index is 12.3. The number of phenolic OH excluding ortho intramolecular Hbond substituents is 1. The number of nitriles is 1. The molecule has 114 valence electrons. The van der Waals surface area contributed by atoms with Crippen LogP contribution in [0.3, 0.4) is 0 Å². The third kappa shape index (κ3) is 3.11. The molecule has 0 aliphatic carbocycles. The second kappa shape index (κ2) is 6.58. The van der Waals surface area contributed by atoms with Crippen molar-refractivity contribution in [3.8, 4) is 11.8 Å². The summed E-state index contributed by atoms with van der Waals surface area (Å²) in [5, 5.41) is 22.4. The summed E-state index contributed by atoms with van der Waals surface area (Å²) >= 11 is 0. The number of nitrogens with one attached hydrogen (secondary N) is 1. The normalized spacial score (nSPS) is 9.70. The van der Waals surface area contributed by atoms with E-state index in [0.717, 1.165) is 5.39 Å². The van der Waals surface area contributed by atoms with Gasteiger partial charge in [-0.05, 0) is 36.4 Å². The van der Waals surface area contributed by atoms with Gasteiger partial charge in [-0.2, -0.15) is 5.26 Å². The van der Waals surface area contributed by atoms with Crippen molar-refractivity contribution < 1.29 is 9.90 Å². The molecule has 2 N–H and O–H groups in total. The van der Waals surface area contributed by atoms with Crippen LogP contribution in [-0.4, -0.2) is 16.0 Å².